The topological polar surface area (TPSA) is 39.4 Å². The van der Waals surface area contributed by atoms with Crippen molar-refractivity contribution in [2.75, 3.05) is 0 Å². The van der Waals surface area contributed by atoms with Crippen molar-refractivity contribution in [1.82, 2.24) is 0 Å². The third kappa shape index (κ3) is 4.61. The van der Waals surface area contributed by atoms with Crippen LogP contribution in [0.1, 0.15) is 22.3 Å². The van der Waals surface area contributed by atoms with Crippen LogP contribution in [0.2, 0.25) is 0 Å². The number of hydrogen-bond donors (Lipinski definition) is 0. The van der Waals surface area contributed by atoms with Crippen LogP contribution in [0.15, 0.2) is 232 Å². The van der Waals surface area contributed by atoms with Crippen LogP contribution in [0.25, 0.3) is 121 Å². The Bertz CT molecular complexity index is 4240. The van der Waals surface area contributed by atoms with Crippen molar-refractivity contribution in [3.8, 4) is 33.4 Å². The van der Waals surface area contributed by atoms with E-state index in [9.17, 15) is 0 Å². The van der Waals surface area contributed by atoms with Gasteiger partial charge in [0.15, 0.2) is 0 Å². The molecule has 66 heavy (non-hydrogen) atoms. The maximum Gasteiger partial charge on any atom is 0.143 e. The van der Waals surface area contributed by atoms with Crippen LogP contribution in [0.5, 0.6) is 0 Å². The molecule has 0 atom stereocenters. The molecular weight excluding hydrogens is 805 g/mol. The van der Waals surface area contributed by atoms with E-state index in [0.717, 1.165) is 82.5 Å². The van der Waals surface area contributed by atoms with E-state index < -0.39 is 5.41 Å². The quantitative estimate of drug-likeness (QED) is 0.166. The van der Waals surface area contributed by atoms with E-state index in [4.69, 9.17) is 13.3 Å². The maximum atomic E-state index is 7.19. The highest BCUT2D eigenvalue weighted by Crippen LogP contribution is 2.59. The standard InChI is InChI=1S/C63H36O3/c1-3-16-38(17-4-1)63(39-18-5-2-6-19-39)49-28-13-11-24-44(49)58-50(63)31-33-55-60(58)47-27-15-26-46(62(47)66-55)57-42-22-9-7-20-40(42)56(41-21-8-10-23-43(41)57)37-30-32-52-48(36-37)61-54(65-52)35-34-53-59(61)45-25-12-14-29-51(45)64-53/h1-36H. The summed E-state index contributed by atoms with van der Waals surface area (Å²) >= 11 is 0. The molecule has 0 aliphatic heterocycles. The normalized spacial score (nSPS) is 13.3. The first kappa shape index (κ1) is 35.8. The lowest BCUT2D eigenvalue weighted by Gasteiger charge is -2.33. The van der Waals surface area contributed by atoms with Gasteiger partial charge in [-0.05, 0) is 102 Å². The molecule has 3 aromatic heterocycles. The van der Waals surface area contributed by atoms with Gasteiger partial charge in [-0.1, -0.05) is 182 Å². The molecule has 14 aromatic rings. The molecule has 1 aliphatic rings. The average Bonchev–Trinajstić information content (AvgIpc) is 4.14. The van der Waals surface area contributed by atoms with Crippen molar-refractivity contribution in [3.63, 3.8) is 0 Å². The molecule has 0 radical (unpaired) electrons. The zero-order valence-electron chi connectivity index (χ0n) is 35.5. The van der Waals surface area contributed by atoms with Crippen LogP contribution >= 0.6 is 0 Å². The average molecular weight is 841 g/mol. The predicted octanol–water partition coefficient (Wildman–Crippen LogP) is 17.4. The van der Waals surface area contributed by atoms with E-state index in [1.807, 2.05) is 24.3 Å². The van der Waals surface area contributed by atoms with Crippen molar-refractivity contribution >= 4 is 87.4 Å². The summed E-state index contributed by atoms with van der Waals surface area (Å²) in [7, 11) is 0. The number of fused-ring (bicyclic) bond motifs is 16. The summed E-state index contributed by atoms with van der Waals surface area (Å²) < 4.78 is 20.1. The number of para-hydroxylation sites is 2. The first-order valence-corrected chi connectivity index (χ1v) is 22.7. The van der Waals surface area contributed by atoms with Crippen molar-refractivity contribution in [3.05, 3.63) is 241 Å². The number of benzene rings is 11. The third-order valence-electron chi connectivity index (χ3n) is 14.5. The van der Waals surface area contributed by atoms with Gasteiger partial charge in [-0.3, -0.25) is 0 Å². The van der Waals surface area contributed by atoms with Crippen LogP contribution in [0.4, 0.5) is 0 Å². The molecule has 0 N–H and O–H groups in total. The van der Waals surface area contributed by atoms with E-state index in [0.29, 0.717) is 0 Å². The summed E-state index contributed by atoms with van der Waals surface area (Å²) in [4.78, 5) is 0. The molecule has 0 amide bonds. The Morgan fingerprint density at radius 2 is 0.773 bits per heavy atom. The van der Waals surface area contributed by atoms with Gasteiger partial charge in [0.05, 0.1) is 5.41 Å². The van der Waals surface area contributed by atoms with Gasteiger partial charge in [-0.2, -0.15) is 0 Å². The summed E-state index contributed by atoms with van der Waals surface area (Å²) in [5.41, 5.74) is 16.8. The minimum absolute atomic E-state index is 0.504. The summed E-state index contributed by atoms with van der Waals surface area (Å²) in [5, 5.41) is 11.3. The van der Waals surface area contributed by atoms with Crippen LogP contribution in [-0.4, -0.2) is 0 Å². The first-order chi connectivity index (χ1) is 32.8. The Morgan fingerprint density at radius 3 is 1.47 bits per heavy atom. The fourth-order valence-electron chi connectivity index (χ4n) is 12.0. The summed E-state index contributed by atoms with van der Waals surface area (Å²) in [6, 6.07) is 78.9. The molecule has 15 rings (SSSR count). The molecular formula is C63H36O3. The second kappa shape index (κ2) is 13.2. The minimum Gasteiger partial charge on any atom is -0.456 e. The molecule has 0 bridgehead atoms. The maximum absolute atomic E-state index is 7.19. The van der Waals surface area contributed by atoms with Crippen molar-refractivity contribution in [1.29, 1.82) is 0 Å². The smallest absolute Gasteiger partial charge is 0.143 e. The third-order valence-corrected chi connectivity index (χ3v) is 14.5. The highest BCUT2D eigenvalue weighted by atomic mass is 16.3. The van der Waals surface area contributed by atoms with Gasteiger partial charge in [0, 0.05) is 43.4 Å². The molecule has 0 unspecified atom stereocenters. The van der Waals surface area contributed by atoms with Gasteiger partial charge in [0.25, 0.3) is 0 Å². The highest BCUT2D eigenvalue weighted by Gasteiger charge is 2.47. The van der Waals surface area contributed by atoms with Crippen LogP contribution < -0.4 is 0 Å². The van der Waals surface area contributed by atoms with Crippen LogP contribution in [-0.2, 0) is 5.41 Å². The van der Waals surface area contributed by atoms with E-state index >= 15 is 0 Å². The van der Waals surface area contributed by atoms with Gasteiger partial charge >= 0.3 is 0 Å². The summed E-state index contributed by atoms with van der Waals surface area (Å²) in [5.74, 6) is 0. The number of furan rings is 3. The number of hydrogen-bond acceptors (Lipinski definition) is 3. The number of rotatable bonds is 4. The molecule has 1 aliphatic carbocycles. The minimum atomic E-state index is -0.504. The molecule has 0 spiro atoms. The molecule has 3 heterocycles. The van der Waals surface area contributed by atoms with Gasteiger partial charge in [-0.15, -0.1) is 0 Å². The Kier molecular flexibility index (Phi) is 7.15. The van der Waals surface area contributed by atoms with E-state index in [1.165, 1.54) is 60.5 Å². The lowest BCUT2D eigenvalue weighted by Crippen LogP contribution is -2.28. The summed E-state index contributed by atoms with van der Waals surface area (Å²) in [6.45, 7) is 0. The molecule has 0 fully saturated rings. The Balaban J connectivity index is 0.998. The lowest BCUT2D eigenvalue weighted by atomic mass is 9.67. The Hall–Kier alpha value is -8.66. The van der Waals surface area contributed by atoms with Crippen molar-refractivity contribution < 1.29 is 13.3 Å². The zero-order valence-corrected chi connectivity index (χ0v) is 35.5. The second-order valence-electron chi connectivity index (χ2n) is 17.7. The molecule has 3 heteroatoms. The fourth-order valence-corrected chi connectivity index (χ4v) is 12.0. The van der Waals surface area contributed by atoms with Gasteiger partial charge in [0.1, 0.15) is 33.5 Å². The molecule has 0 saturated heterocycles. The van der Waals surface area contributed by atoms with E-state index in [1.54, 1.807) is 0 Å². The predicted molar refractivity (Wildman–Crippen MR) is 271 cm³/mol. The molecule has 3 nitrogen and oxygen atoms in total. The SMILES string of the molecule is c1ccc(C2(c3ccccc3)c3ccccc3-c3c2ccc2oc4c(-c5c6ccccc6c(-c6ccc7oc8ccc9oc%10ccccc%10c9c8c7c6)c6ccccc56)cccc4c32)cc1. The monoisotopic (exact) mass is 840 g/mol. The molecule has 306 valence electrons. The molecule has 0 saturated carbocycles. The van der Waals surface area contributed by atoms with E-state index in [-0.39, 0.29) is 0 Å². The van der Waals surface area contributed by atoms with Gasteiger partial charge in [0.2, 0.25) is 0 Å². The first-order valence-electron chi connectivity index (χ1n) is 22.7. The summed E-state index contributed by atoms with van der Waals surface area (Å²) in [6.07, 6.45) is 0. The van der Waals surface area contributed by atoms with Crippen LogP contribution in [0, 0.1) is 0 Å². The second-order valence-corrected chi connectivity index (χ2v) is 17.7. The van der Waals surface area contributed by atoms with Crippen molar-refractivity contribution in [2.45, 2.75) is 5.41 Å². The van der Waals surface area contributed by atoms with Gasteiger partial charge in [-0.25, -0.2) is 0 Å². The zero-order chi connectivity index (χ0) is 43.1. The largest absolute Gasteiger partial charge is 0.456 e. The van der Waals surface area contributed by atoms with Crippen LogP contribution in [0.3, 0.4) is 0 Å². The van der Waals surface area contributed by atoms with E-state index in [2.05, 4.69) is 194 Å². The Morgan fingerprint density at radius 1 is 0.273 bits per heavy atom. The Labute approximate surface area is 378 Å². The van der Waals surface area contributed by atoms with Crippen molar-refractivity contribution in [2.24, 2.45) is 0 Å². The lowest BCUT2D eigenvalue weighted by molar-refractivity contribution is 0.663. The molecule has 11 aromatic carbocycles. The van der Waals surface area contributed by atoms with Gasteiger partial charge < -0.3 is 13.3 Å². The fraction of sp³-hybridized carbons (Fsp3) is 0.0159. The highest BCUT2D eigenvalue weighted by molar-refractivity contribution is 6.28.